The van der Waals surface area contributed by atoms with Crippen molar-refractivity contribution in [1.82, 2.24) is 5.32 Å². The average Bonchev–Trinajstić information content (AvgIpc) is 2.17. The van der Waals surface area contributed by atoms with Crippen LogP contribution < -0.4 is 5.32 Å². The standard InChI is InChI=1S/C11H13NO3/c1-8-2-4-9(5-3-8)10(12-7-13)6-11(14)15/h2-5,7,10H,6H2,1H3,(H,12,13)(H,14,15). The van der Waals surface area contributed by atoms with Gasteiger partial charge in [-0.05, 0) is 12.5 Å². The summed E-state index contributed by atoms with van der Waals surface area (Å²) < 4.78 is 0. The molecule has 0 spiro atoms. The van der Waals surface area contributed by atoms with Crippen LogP contribution in [0.1, 0.15) is 23.6 Å². The number of amides is 1. The van der Waals surface area contributed by atoms with Gasteiger partial charge in [0.2, 0.25) is 6.41 Å². The second kappa shape index (κ2) is 5.14. The lowest BCUT2D eigenvalue weighted by molar-refractivity contribution is -0.137. The van der Waals surface area contributed by atoms with Gasteiger partial charge in [0, 0.05) is 0 Å². The van der Waals surface area contributed by atoms with Crippen molar-refractivity contribution in [1.29, 1.82) is 0 Å². The van der Waals surface area contributed by atoms with Gasteiger partial charge in [0.15, 0.2) is 0 Å². The monoisotopic (exact) mass is 207 g/mol. The molecule has 4 heteroatoms. The van der Waals surface area contributed by atoms with Crippen LogP contribution in [-0.2, 0) is 9.59 Å². The van der Waals surface area contributed by atoms with Crippen LogP contribution in [0.25, 0.3) is 0 Å². The van der Waals surface area contributed by atoms with Crippen LogP contribution in [-0.4, -0.2) is 17.5 Å². The van der Waals surface area contributed by atoms with Gasteiger partial charge in [-0.2, -0.15) is 0 Å². The number of nitrogens with one attached hydrogen (secondary N) is 1. The summed E-state index contributed by atoms with van der Waals surface area (Å²) >= 11 is 0. The van der Waals surface area contributed by atoms with E-state index in [0.29, 0.717) is 6.41 Å². The maximum atomic E-state index is 10.6. The fourth-order valence-electron chi connectivity index (χ4n) is 1.33. The van der Waals surface area contributed by atoms with Crippen LogP contribution in [0, 0.1) is 6.92 Å². The molecule has 0 radical (unpaired) electrons. The van der Waals surface area contributed by atoms with Crippen molar-refractivity contribution < 1.29 is 14.7 Å². The smallest absolute Gasteiger partial charge is 0.305 e. The molecular formula is C11H13NO3. The molecular weight excluding hydrogens is 194 g/mol. The quantitative estimate of drug-likeness (QED) is 0.714. The zero-order chi connectivity index (χ0) is 11.3. The molecule has 80 valence electrons. The third kappa shape index (κ3) is 3.42. The predicted molar refractivity (Wildman–Crippen MR) is 55.4 cm³/mol. The third-order valence-electron chi connectivity index (χ3n) is 2.13. The Morgan fingerprint density at radius 3 is 2.53 bits per heavy atom. The highest BCUT2D eigenvalue weighted by atomic mass is 16.4. The summed E-state index contributed by atoms with van der Waals surface area (Å²) in [5.41, 5.74) is 1.90. The number of carbonyl (C=O) groups is 2. The van der Waals surface area contributed by atoms with Crippen LogP contribution >= 0.6 is 0 Å². The van der Waals surface area contributed by atoms with Crippen LogP contribution in [0.5, 0.6) is 0 Å². The molecule has 0 aliphatic carbocycles. The molecule has 0 saturated carbocycles. The van der Waals surface area contributed by atoms with Gasteiger partial charge in [0.1, 0.15) is 0 Å². The number of hydrogen-bond acceptors (Lipinski definition) is 2. The van der Waals surface area contributed by atoms with Crippen molar-refractivity contribution >= 4 is 12.4 Å². The number of hydrogen-bond donors (Lipinski definition) is 2. The Labute approximate surface area is 87.9 Å². The Bertz CT molecular complexity index is 345. The zero-order valence-electron chi connectivity index (χ0n) is 8.43. The first-order valence-corrected chi connectivity index (χ1v) is 4.61. The number of aryl methyl sites for hydroxylation is 1. The summed E-state index contributed by atoms with van der Waals surface area (Å²) in [6, 6.07) is 6.95. The largest absolute Gasteiger partial charge is 0.481 e. The number of carbonyl (C=O) groups excluding carboxylic acids is 1. The Morgan fingerprint density at radius 1 is 1.47 bits per heavy atom. The van der Waals surface area contributed by atoms with Crippen molar-refractivity contribution in [3.8, 4) is 0 Å². The van der Waals surface area contributed by atoms with E-state index in [2.05, 4.69) is 5.32 Å². The maximum absolute atomic E-state index is 10.6. The van der Waals surface area contributed by atoms with Crippen molar-refractivity contribution in [3.05, 3.63) is 35.4 Å². The lowest BCUT2D eigenvalue weighted by Gasteiger charge is -2.14. The van der Waals surface area contributed by atoms with E-state index in [1.807, 2.05) is 31.2 Å². The first kappa shape index (κ1) is 11.2. The van der Waals surface area contributed by atoms with Crippen LogP contribution in [0.2, 0.25) is 0 Å². The van der Waals surface area contributed by atoms with Gasteiger partial charge < -0.3 is 10.4 Å². The van der Waals surface area contributed by atoms with E-state index in [1.165, 1.54) is 0 Å². The molecule has 1 aromatic rings. The highest BCUT2D eigenvalue weighted by Gasteiger charge is 2.13. The van der Waals surface area contributed by atoms with Crippen molar-refractivity contribution in [3.63, 3.8) is 0 Å². The van der Waals surface area contributed by atoms with E-state index in [1.54, 1.807) is 0 Å². The Balaban J connectivity index is 2.83. The molecule has 0 heterocycles. The molecule has 1 unspecified atom stereocenters. The highest BCUT2D eigenvalue weighted by molar-refractivity contribution is 5.68. The molecule has 1 aromatic carbocycles. The molecule has 0 fully saturated rings. The molecule has 1 rings (SSSR count). The zero-order valence-corrected chi connectivity index (χ0v) is 8.43. The third-order valence-corrected chi connectivity index (χ3v) is 2.13. The molecule has 0 aliphatic rings. The molecule has 0 aromatic heterocycles. The predicted octanol–water partition coefficient (Wildman–Crippen LogP) is 1.26. The lowest BCUT2D eigenvalue weighted by atomic mass is 10.0. The molecule has 1 atom stereocenters. The Morgan fingerprint density at radius 2 is 2.07 bits per heavy atom. The summed E-state index contributed by atoms with van der Waals surface area (Å²) in [7, 11) is 0. The number of rotatable bonds is 5. The van der Waals surface area contributed by atoms with Crippen molar-refractivity contribution in [2.24, 2.45) is 0 Å². The summed E-state index contributed by atoms with van der Waals surface area (Å²) in [6.07, 6.45) is 0.412. The van der Waals surface area contributed by atoms with Crippen LogP contribution in [0.15, 0.2) is 24.3 Å². The Hall–Kier alpha value is -1.84. The van der Waals surface area contributed by atoms with Crippen molar-refractivity contribution in [2.45, 2.75) is 19.4 Å². The van der Waals surface area contributed by atoms with E-state index < -0.39 is 12.0 Å². The van der Waals surface area contributed by atoms with E-state index in [-0.39, 0.29) is 6.42 Å². The van der Waals surface area contributed by atoms with Crippen LogP contribution in [0.4, 0.5) is 0 Å². The average molecular weight is 207 g/mol. The van der Waals surface area contributed by atoms with Gasteiger partial charge >= 0.3 is 5.97 Å². The minimum absolute atomic E-state index is 0.109. The van der Waals surface area contributed by atoms with Gasteiger partial charge in [-0.15, -0.1) is 0 Å². The molecule has 2 N–H and O–H groups in total. The lowest BCUT2D eigenvalue weighted by Crippen LogP contribution is -2.22. The summed E-state index contributed by atoms with van der Waals surface area (Å²) in [6.45, 7) is 1.95. The molecule has 0 saturated heterocycles. The first-order valence-electron chi connectivity index (χ1n) is 4.61. The SMILES string of the molecule is Cc1ccc(C(CC(=O)O)NC=O)cc1. The normalized spacial score (nSPS) is 11.8. The first-order chi connectivity index (χ1) is 7.13. The highest BCUT2D eigenvalue weighted by Crippen LogP contribution is 2.16. The fraction of sp³-hybridized carbons (Fsp3) is 0.273. The van der Waals surface area contributed by atoms with Gasteiger partial charge in [0.25, 0.3) is 0 Å². The Kier molecular flexibility index (Phi) is 3.85. The minimum atomic E-state index is -0.935. The molecule has 0 aliphatic heterocycles. The molecule has 0 bridgehead atoms. The number of carboxylic acids is 1. The fourth-order valence-corrected chi connectivity index (χ4v) is 1.33. The van der Waals surface area contributed by atoms with E-state index >= 15 is 0 Å². The number of benzene rings is 1. The summed E-state index contributed by atoms with van der Waals surface area (Å²) in [4.78, 5) is 20.9. The van der Waals surface area contributed by atoms with Gasteiger partial charge in [-0.3, -0.25) is 9.59 Å². The van der Waals surface area contributed by atoms with Gasteiger partial charge in [0.05, 0.1) is 12.5 Å². The van der Waals surface area contributed by atoms with Gasteiger partial charge in [-0.25, -0.2) is 0 Å². The number of aliphatic carboxylic acids is 1. The summed E-state index contributed by atoms with van der Waals surface area (Å²) in [5, 5.41) is 11.2. The molecule has 4 nitrogen and oxygen atoms in total. The summed E-state index contributed by atoms with van der Waals surface area (Å²) in [5.74, 6) is -0.935. The second-order valence-corrected chi connectivity index (χ2v) is 3.35. The number of carboxylic acid groups (broad SMARTS) is 1. The van der Waals surface area contributed by atoms with E-state index in [4.69, 9.17) is 5.11 Å². The topological polar surface area (TPSA) is 66.4 Å². The minimum Gasteiger partial charge on any atom is -0.481 e. The second-order valence-electron chi connectivity index (χ2n) is 3.35. The maximum Gasteiger partial charge on any atom is 0.305 e. The van der Waals surface area contributed by atoms with E-state index in [9.17, 15) is 9.59 Å². The van der Waals surface area contributed by atoms with Gasteiger partial charge in [-0.1, -0.05) is 29.8 Å². The van der Waals surface area contributed by atoms with Crippen LogP contribution in [0.3, 0.4) is 0 Å². The molecule has 1 amide bonds. The molecule has 15 heavy (non-hydrogen) atoms. The van der Waals surface area contributed by atoms with E-state index in [0.717, 1.165) is 11.1 Å². The van der Waals surface area contributed by atoms with Crippen molar-refractivity contribution in [2.75, 3.05) is 0 Å².